The molecule has 1 N–H and O–H groups in total. The van der Waals surface area contributed by atoms with Gasteiger partial charge in [-0.25, -0.2) is 0 Å². The Kier molecular flexibility index (Phi) is 5.60. The van der Waals surface area contributed by atoms with Crippen LogP contribution in [0.1, 0.15) is 33.1 Å². The molecule has 3 heteroatoms. The zero-order valence-corrected chi connectivity index (χ0v) is 12.6. The Morgan fingerprint density at radius 1 is 1.30 bits per heavy atom. The van der Waals surface area contributed by atoms with E-state index in [1.54, 1.807) is 0 Å². The number of rotatable bonds is 5. The van der Waals surface area contributed by atoms with E-state index in [2.05, 4.69) is 12.2 Å². The topological polar surface area (TPSA) is 32.3 Å². The molecule has 1 atom stereocenters. The van der Waals surface area contributed by atoms with Crippen molar-refractivity contribution in [1.29, 1.82) is 0 Å². The molecule has 0 aromatic heterocycles. The number of para-hydroxylation sites is 1. The molecule has 0 bridgehead atoms. The van der Waals surface area contributed by atoms with E-state index in [4.69, 9.17) is 0 Å². The molecule has 0 radical (unpaired) electrons. The third kappa shape index (κ3) is 3.83. The van der Waals surface area contributed by atoms with E-state index in [-0.39, 0.29) is 5.91 Å². The predicted octanol–water partition coefficient (Wildman–Crippen LogP) is 3.07. The molecule has 1 aliphatic heterocycles. The van der Waals surface area contributed by atoms with E-state index < -0.39 is 0 Å². The smallest absolute Gasteiger partial charge is 0.227 e. The highest BCUT2D eigenvalue weighted by Crippen LogP contribution is 2.26. The second kappa shape index (κ2) is 7.44. The monoisotopic (exact) mass is 274 g/mol. The quantitative estimate of drug-likeness (QED) is 0.895. The molecule has 110 valence electrons. The predicted molar refractivity (Wildman–Crippen MR) is 83.8 cm³/mol. The standard InChI is InChI=1S/C17H26N2O/c1-3-19(16-7-5-4-6-8-16)17(20)13-14(2)15-9-11-18-12-10-15/h4-8,14-15,18H,3,9-13H2,1-2H3. The van der Waals surface area contributed by atoms with Gasteiger partial charge in [-0.2, -0.15) is 0 Å². The van der Waals surface area contributed by atoms with Crippen molar-refractivity contribution in [2.45, 2.75) is 33.1 Å². The van der Waals surface area contributed by atoms with Gasteiger partial charge in [-0.05, 0) is 56.8 Å². The number of carbonyl (C=O) groups excluding carboxylic acids is 1. The van der Waals surface area contributed by atoms with Gasteiger partial charge in [0.05, 0.1) is 0 Å². The number of amides is 1. The van der Waals surface area contributed by atoms with Gasteiger partial charge in [0, 0.05) is 18.7 Å². The van der Waals surface area contributed by atoms with Crippen molar-refractivity contribution < 1.29 is 4.79 Å². The average Bonchev–Trinajstić information content (AvgIpc) is 2.50. The van der Waals surface area contributed by atoms with Crippen LogP contribution in [-0.4, -0.2) is 25.5 Å². The minimum Gasteiger partial charge on any atom is -0.317 e. The third-order valence-corrected chi connectivity index (χ3v) is 4.37. The molecule has 1 aromatic carbocycles. The van der Waals surface area contributed by atoms with Crippen molar-refractivity contribution in [2.24, 2.45) is 11.8 Å². The Labute approximate surface area is 122 Å². The Morgan fingerprint density at radius 3 is 2.55 bits per heavy atom. The van der Waals surface area contributed by atoms with Crippen LogP contribution in [0.15, 0.2) is 30.3 Å². The fourth-order valence-electron chi connectivity index (χ4n) is 3.08. The van der Waals surface area contributed by atoms with Crippen LogP contribution in [-0.2, 0) is 4.79 Å². The minimum atomic E-state index is 0.254. The van der Waals surface area contributed by atoms with Crippen LogP contribution in [0.3, 0.4) is 0 Å². The zero-order valence-electron chi connectivity index (χ0n) is 12.6. The highest BCUT2D eigenvalue weighted by Gasteiger charge is 2.24. The third-order valence-electron chi connectivity index (χ3n) is 4.37. The lowest BCUT2D eigenvalue weighted by atomic mass is 9.84. The molecular formula is C17H26N2O. The van der Waals surface area contributed by atoms with Gasteiger partial charge in [0.1, 0.15) is 0 Å². The summed E-state index contributed by atoms with van der Waals surface area (Å²) in [7, 11) is 0. The zero-order chi connectivity index (χ0) is 14.4. The fourth-order valence-corrected chi connectivity index (χ4v) is 3.08. The molecule has 1 aromatic rings. The molecular weight excluding hydrogens is 248 g/mol. The van der Waals surface area contributed by atoms with Crippen LogP contribution in [0.25, 0.3) is 0 Å². The molecule has 1 saturated heterocycles. The van der Waals surface area contributed by atoms with Crippen LogP contribution in [0.4, 0.5) is 5.69 Å². The highest BCUT2D eigenvalue weighted by molar-refractivity contribution is 5.93. The Balaban J connectivity index is 1.95. The van der Waals surface area contributed by atoms with Gasteiger partial charge in [-0.15, -0.1) is 0 Å². The number of hydrogen-bond acceptors (Lipinski definition) is 2. The number of anilines is 1. The first-order valence-corrected chi connectivity index (χ1v) is 7.78. The van der Waals surface area contributed by atoms with Crippen molar-refractivity contribution in [3.05, 3.63) is 30.3 Å². The van der Waals surface area contributed by atoms with Gasteiger partial charge in [-0.1, -0.05) is 25.1 Å². The van der Waals surface area contributed by atoms with Gasteiger partial charge in [-0.3, -0.25) is 4.79 Å². The summed E-state index contributed by atoms with van der Waals surface area (Å²) in [6, 6.07) is 9.98. The molecule has 1 amide bonds. The van der Waals surface area contributed by atoms with Crippen LogP contribution < -0.4 is 10.2 Å². The molecule has 2 rings (SSSR count). The van der Waals surface area contributed by atoms with E-state index in [1.165, 1.54) is 12.8 Å². The van der Waals surface area contributed by atoms with Gasteiger partial charge in [0.2, 0.25) is 5.91 Å². The van der Waals surface area contributed by atoms with E-state index in [0.29, 0.717) is 18.3 Å². The van der Waals surface area contributed by atoms with Crippen molar-refractivity contribution in [3.63, 3.8) is 0 Å². The Hall–Kier alpha value is -1.35. The van der Waals surface area contributed by atoms with E-state index in [1.807, 2.05) is 42.2 Å². The largest absolute Gasteiger partial charge is 0.317 e. The van der Waals surface area contributed by atoms with Crippen molar-refractivity contribution in [3.8, 4) is 0 Å². The van der Waals surface area contributed by atoms with Crippen LogP contribution in [0, 0.1) is 11.8 Å². The molecule has 20 heavy (non-hydrogen) atoms. The molecule has 0 spiro atoms. The Bertz CT molecular complexity index is 412. The molecule has 3 nitrogen and oxygen atoms in total. The summed E-state index contributed by atoms with van der Waals surface area (Å²) in [5, 5.41) is 3.39. The van der Waals surface area contributed by atoms with Gasteiger partial charge in [0.15, 0.2) is 0 Å². The summed E-state index contributed by atoms with van der Waals surface area (Å²) < 4.78 is 0. The number of hydrogen-bond donors (Lipinski definition) is 1. The normalized spacial score (nSPS) is 17.7. The second-order valence-corrected chi connectivity index (χ2v) is 5.74. The molecule has 0 saturated carbocycles. The lowest BCUT2D eigenvalue weighted by molar-refractivity contribution is -0.119. The van der Waals surface area contributed by atoms with Crippen molar-refractivity contribution in [2.75, 3.05) is 24.5 Å². The summed E-state index contributed by atoms with van der Waals surface area (Å²) in [4.78, 5) is 14.4. The first-order valence-electron chi connectivity index (χ1n) is 7.78. The van der Waals surface area contributed by atoms with Crippen LogP contribution in [0.5, 0.6) is 0 Å². The number of nitrogens with one attached hydrogen (secondary N) is 1. The molecule has 1 aliphatic rings. The molecule has 0 aliphatic carbocycles. The van der Waals surface area contributed by atoms with Crippen molar-refractivity contribution in [1.82, 2.24) is 5.32 Å². The molecule has 1 unspecified atom stereocenters. The van der Waals surface area contributed by atoms with Gasteiger partial charge in [0.25, 0.3) is 0 Å². The summed E-state index contributed by atoms with van der Waals surface area (Å²) in [5.41, 5.74) is 1.01. The van der Waals surface area contributed by atoms with E-state index in [0.717, 1.165) is 25.3 Å². The summed E-state index contributed by atoms with van der Waals surface area (Å²) in [6.07, 6.45) is 3.06. The fraction of sp³-hybridized carbons (Fsp3) is 0.588. The van der Waals surface area contributed by atoms with Crippen LogP contribution >= 0.6 is 0 Å². The van der Waals surface area contributed by atoms with Gasteiger partial charge >= 0.3 is 0 Å². The lowest BCUT2D eigenvalue weighted by Gasteiger charge is -2.30. The van der Waals surface area contributed by atoms with E-state index in [9.17, 15) is 4.79 Å². The first kappa shape index (κ1) is 15.0. The van der Waals surface area contributed by atoms with E-state index >= 15 is 0 Å². The maximum Gasteiger partial charge on any atom is 0.227 e. The number of piperidine rings is 1. The Morgan fingerprint density at radius 2 is 1.95 bits per heavy atom. The minimum absolute atomic E-state index is 0.254. The number of nitrogens with zero attached hydrogens (tertiary/aromatic N) is 1. The summed E-state index contributed by atoms with van der Waals surface area (Å²) in [5.74, 6) is 1.42. The maximum atomic E-state index is 12.5. The average molecular weight is 274 g/mol. The van der Waals surface area contributed by atoms with Crippen molar-refractivity contribution >= 4 is 11.6 Å². The number of benzene rings is 1. The molecule has 1 fully saturated rings. The lowest BCUT2D eigenvalue weighted by Crippen LogP contribution is -2.35. The summed E-state index contributed by atoms with van der Waals surface area (Å²) >= 11 is 0. The maximum absolute atomic E-state index is 12.5. The SMILES string of the molecule is CCN(C(=O)CC(C)C1CCNCC1)c1ccccc1. The number of carbonyl (C=O) groups is 1. The molecule has 1 heterocycles. The summed E-state index contributed by atoms with van der Waals surface area (Å²) in [6.45, 7) is 7.20. The van der Waals surface area contributed by atoms with Gasteiger partial charge < -0.3 is 10.2 Å². The highest BCUT2D eigenvalue weighted by atomic mass is 16.2. The second-order valence-electron chi connectivity index (χ2n) is 5.74. The first-order chi connectivity index (χ1) is 9.72. The van der Waals surface area contributed by atoms with Crippen LogP contribution in [0.2, 0.25) is 0 Å².